The summed E-state index contributed by atoms with van der Waals surface area (Å²) in [6.07, 6.45) is 2.17. The third-order valence-electron chi connectivity index (χ3n) is 6.15. The highest BCUT2D eigenvalue weighted by Crippen LogP contribution is 2.31. The van der Waals surface area contributed by atoms with E-state index in [1.807, 2.05) is 53.2 Å². The second-order valence-corrected chi connectivity index (χ2v) is 10.1. The van der Waals surface area contributed by atoms with Gasteiger partial charge in [0, 0.05) is 29.6 Å². The zero-order chi connectivity index (χ0) is 26.7. The molecule has 5 nitrogen and oxygen atoms in total. The van der Waals surface area contributed by atoms with Gasteiger partial charge in [0.25, 0.3) is 5.56 Å². The predicted molar refractivity (Wildman–Crippen MR) is 153 cm³/mol. The summed E-state index contributed by atoms with van der Waals surface area (Å²) in [5, 5.41) is 0. The van der Waals surface area contributed by atoms with E-state index in [0.717, 1.165) is 22.6 Å². The Morgan fingerprint density at radius 2 is 1.55 bits per heavy atom. The van der Waals surface area contributed by atoms with Crippen LogP contribution in [0.25, 0.3) is 0 Å². The summed E-state index contributed by atoms with van der Waals surface area (Å²) in [6.45, 7) is 4.42. The zero-order valence-electron chi connectivity index (χ0n) is 21.8. The van der Waals surface area contributed by atoms with Gasteiger partial charge in [-0.1, -0.05) is 72.8 Å². The highest BCUT2D eigenvalue weighted by molar-refractivity contribution is 7.99. The monoisotopic (exact) mass is 527 g/mol. The Kier molecular flexibility index (Phi) is 9.82. The van der Waals surface area contributed by atoms with E-state index < -0.39 is 6.10 Å². The fourth-order valence-corrected chi connectivity index (χ4v) is 5.22. The lowest BCUT2D eigenvalue weighted by Crippen LogP contribution is -2.26. The minimum absolute atomic E-state index is 0.00183. The van der Waals surface area contributed by atoms with Crippen LogP contribution >= 0.6 is 11.8 Å². The van der Waals surface area contributed by atoms with Gasteiger partial charge in [-0.15, -0.1) is 11.8 Å². The van der Waals surface area contributed by atoms with Gasteiger partial charge in [0.1, 0.15) is 5.75 Å². The van der Waals surface area contributed by atoms with Crippen LogP contribution in [-0.4, -0.2) is 29.0 Å². The van der Waals surface area contributed by atoms with Crippen molar-refractivity contribution in [2.75, 3.05) is 12.4 Å². The Balaban J connectivity index is 1.41. The summed E-state index contributed by atoms with van der Waals surface area (Å²) in [6, 6.07) is 32.1. The molecule has 0 aliphatic carbocycles. The molecule has 0 saturated heterocycles. The van der Waals surface area contributed by atoms with Crippen LogP contribution in [0.1, 0.15) is 42.9 Å². The van der Waals surface area contributed by atoms with Crippen LogP contribution in [0.15, 0.2) is 113 Å². The Hall–Kier alpha value is -3.77. The van der Waals surface area contributed by atoms with E-state index in [9.17, 15) is 9.59 Å². The fraction of sp³-hybridized carbons (Fsp3) is 0.250. The first kappa shape index (κ1) is 27.3. The molecule has 0 bridgehead atoms. The number of esters is 1. The topological polar surface area (TPSA) is 57.5 Å². The van der Waals surface area contributed by atoms with E-state index in [1.54, 1.807) is 31.7 Å². The van der Waals surface area contributed by atoms with Gasteiger partial charge < -0.3 is 14.0 Å². The van der Waals surface area contributed by atoms with E-state index in [0.29, 0.717) is 18.9 Å². The van der Waals surface area contributed by atoms with Crippen molar-refractivity contribution in [1.82, 2.24) is 4.57 Å². The molecule has 0 radical (unpaired) electrons. The summed E-state index contributed by atoms with van der Waals surface area (Å²) < 4.78 is 12.6. The minimum Gasteiger partial charge on any atom is -0.479 e. The van der Waals surface area contributed by atoms with Gasteiger partial charge in [-0.05, 0) is 60.9 Å². The Morgan fingerprint density at radius 1 is 0.868 bits per heavy atom. The molecule has 0 aliphatic rings. The second kappa shape index (κ2) is 13.7. The standard InChI is InChI=1S/C32H33NO4S/c1-3-36-32(35)24(2)37-28-16-10-17-29(22-28)38-21-11-20-33-23-27(18-19-30(33)34)31(25-12-6-4-7-13-25)26-14-8-5-9-15-26/h4-10,12-19,22-24,31H,3,11,20-21H2,1-2H3. The third kappa shape index (κ3) is 7.39. The van der Waals surface area contributed by atoms with Crippen molar-refractivity contribution in [3.05, 3.63) is 130 Å². The SMILES string of the molecule is CCOC(=O)C(C)Oc1cccc(SCCCn2cc(C(c3ccccc3)c3ccccc3)ccc2=O)c1. The van der Waals surface area contributed by atoms with Gasteiger partial charge in [-0.3, -0.25) is 4.79 Å². The summed E-state index contributed by atoms with van der Waals surface area (Å²) in [7, 11) is 0. The molecule has 1 heterocycles. The number of aromatic nitrogens is 1. The molecule has 0 aliphatic heterocycles. The van der Waals surface area contributed by atoms with Crippen LogP contribution in [0.2, 0.25) is 0 Å². The quantitative estimate of drug-likeness (QED) is 0.119. The van der Waals surface area contributed by atoms with E-state index in [4.69, 9.17) is 9.47 Å². The average molecular weight is 528 g/mol. The molecule has 4 rings (SSSR count). The van der Waals surface area contributed by atoms with Gasteiger partial charge in [0.15, 0.2) is 6.10 Å². The number of carbonyl (C=O) groups excluding carboxylic acids is 1. The van der Waals surface area contributed by atoms with Gasteiger partial charge in [-0.2, -0.15) is 0 Å². The van der Waals surface area contributed by atoms with E-state index in [2.05, 4.69) is 48.5 Å². The number of pyridine rings is 1. The summed E-state index contributed by atoms with van der Waals surface area (Å²) >= 11 is 1.70. The van der Waals surface area contributed by atoms with Gasteiger partial charge in [0.2, 0.25) is 0 Å². The van der Waals surface area contributed by atoms with Crippen LogP contribution in [0.5, 0.6) is 5.75 Å². The van der Waals surface area contributed by atoms with E-state index >= 15 is 0 Å². The molecule has 0 saturated carbocycles. The minimum atomic E-state index is -0.662. The largest absolute Gasteiger partial charge is 0.479 e. The first-order chi connectivity index (χ1) is 18.5. The average Bonchev–Trinajstić information content (AvgIpc) is 2.94. The first-order valence-electron chi connectivity index (χ1n) is 12.9. The lowest BCUT2D eigenvalue weighted by Gasteiger charge is -2.20. The number of aryl methyl sites for hydroxylation is 1. The van der Waals surface area contributed by atoms with Crippen molar-refractivity contribution in [2.45, 2.75) is 43.7 Å². The number of thioether (sulfide) groups is 1. The second-order valence-electron chi connectivity index (χ2n) is 8.94. The fourth-order valence-electron chi connectivity index (χ4n) is 4.34. The van der Waals surface area contributed by atoms with Crippen LogP contribution in [0.4, 0.5) is 0 Å². The van der Waals surface area contributed by atoms with Crippen molar-refractivity contribution in [1.29, 1.82) is 0 Å². The van der Waals surface area contributed by atoms with Gasteiger partial charge >= 0.3 is 5.97 Å². The predicted octanol–water partition coefficient (Wildman–Crippen LogP) is 6.54. The van der Waals surface area contributed by atoms with E-state index in [-0.39, 0.29) is 17.4 Å². The van der Waals surface area contributed by atoms with Gasteiger partial charge in [0.05, 0.1) is 6.61 Å². The summed E-state index contributed by atoms with van der Waals surface area (Å²) in [4.78, 5) is 25.6. The lowest BCUT2D eigenvalue weighted by molar-refractivity contribution is -0.150. The summed E-state index contributed by atoms with van der Waals surface area (Å²) in [5.41, 5.74) is 3.48. The first-order valence-corrected chi connectivity index (χ1v) is 13.9. The lowest BCUT2D eigenvalue weighted by atomic mass is 9.86. The Bertz CT molecular complexity index is 1330. The van der Waals surface area contributed by atoms with Crippen molar-refractivity contribution < 1.29 is 14.3 Å². The Morgan fingerprint density at radius 3 is 2.21 bits per heavy atom. The molecule has 0 spiro atoms. The Labute approximate surface area is 228 Å². The molecule has 0 fully saturated rings. The van der Waals surface area contributed by atoms with Crippen molar-refractivity contribution in [3.63, 3.8) is 0 Å². The molecule has 1 aromatic heterocycles. The van der Waals surface area contributed by atoms with E-state index in [1.165, 1.54) is 11.1 Å². The maximum Gasteiger partial charge on any atom is 0.347 e. The molecule has 0 amide bonds. The molecule has 38 heavy (non-hydrogen) atoms. The zero-order valence-corrected chi connectivity index (χ0v) is 22.6. The number of hydrogen-bond acceptors (Lipinski definition) is 5. The molecule has 1 atom stereocenters. The molecule has 0 N–H and O–H groups in total. The number of hydrogen-bond donors (Lipinski definition) is 0. The van der Waals surface area contributed by atoms with Gasteiger partial charge in [-0.25, -0.2) is 4.79 Å². The highest BCUT2D eigenvalue weighted by Gasteiger charge is 2.18. The van der Waals surface area contributed by atoms with Crippen LogP contribution in [-0.2, 0) is 16.1 Å². The van der Waals surface area contributed by atoms with Crippen LogP contribution in [0, 0.1) is 0 Å². The molecule has 4 aromatic rings. The molecule has 196 valence electrons. The maximum atomic E-state index is 12.7. The smallest absolute Gasteiger partial charge is 0.347 e. The molecule has 3 aromatic carbocycles. The molecule has 1 unspecified atom stereocenters. The number of benzene rings is 3. The van der Waals surface area contributed by atoms with Crippen molar-refractivity contribution >= 4 is 17.7 Å². The molecule has 6 heteroatoms. The molecular weight excluding hydrogens is 494 g/mol. The van der Waals surface area contributed by atoms with Crippen LogP contribution < -0.4 is 10.3 Å². The third-order valence-corrected chi connectivity index (χ3v) is 7.23. The molecular formula is C32H33NO4S. The highest BCUT2D eigenvalue weighted by atomic mass is 32.2. The number of ether oxygens (including phenoxy) is 2. The van der Waals surface area contributed by atoms with Crippen molar-refractivity contribution in [2.24, 2.45) is 0 Å². The maximum absolute atomic E-state index is 12.7. The normalized spacial score (nSPS) is 11.8. The summed E-state index contributed by atoms with van der Waals surface area (Å²) in [5.74, 6) is 1.15. The number of rotatable bonds is 12. The van der Waals surface area contributed by atoms with Crippen LogP contribution in [0.3, 0.4) is 0 Å². The number of carbonyl (C=O) groups is 1. The van der Waals surface area contributed by atoms with Crippen molar-refractivity contribution in [3.8, 4) is 5.75 Å². The number of nitrogens with zero attached hydrogens (tertiary/aromatic N) is 1.